The van der Waals surface area contributed by atoms with E-state index in [0.717, 1.165) is 0 Å². The van der Waals surface area contributed by atoms with Gasteiger partial charge in [0.1, 0.15) is 11.9 Å². The van der Waals surface area contributed by atoms with E-state index in [1.807, 2.05) is 0 Å². The smallest absolute Gasteiger partial charge is 0.246 e. The lowest BCUT2D eigenvalue weighted by Gasteiger charge is -2.26. The highest BCUT2D eigenvalue weighted by molar-refractivity contribution is 5.96. The molecule has 0 aliphatic rings. The minimum absolute atomic E-state index is 0.207. The molecule has 19 heavy (non-hydrogen) atoms. The fourth-order valence-electron chi connectivity index (χ4n) is 1.62. The van der Waals surface area contributed by atoms with E-state index in [9.17, 15) is 14.0 Å². The van der Waals surface area contributed by atoms with Gasteiger partial charge in [-0.1, -0.05) is 6.08 Å². The number of nitrogens with zero attached hydrogens (tertiary/aromatic N) is 1. The number of hydrogen-bond acceptors (Lipinski definition) is 2. The highest BCUT2D eigenvalue weighted by atomic mass is 19.1. The molecular formula is C14H17FN2O2. The van der Waals surface area contributed by atoms with E-state index in [2.05, 4.69) is 11.9 Å². The maximum atomic E-state index is 12.7. The number of hydrogen-bond donors (Lipinski definition) is 1. The summed E-state index contributed by atoms with van der Waals surface area (Å²) < 4.78 is 12.7. The largest absolute Gasteiger partial charge is 0.327 e. The van der Waals surface area contributed by atoms with Crippen molar-refractivity contribution in [3.8, 4) is 0 Å². The van der Waals surface area contributed by atoms with E-state index in [-0.39, 0.29) is 17.6 Å². The highest BCUT2D eigenvalue weighted by Crippen LogP contribution is 2.10. The molecule has 1 N–H and O–H groups in total. The van der Waals surface area contributed by atoms with E-state index in [1.165, 1.54) is 36.1 Å². The van der Waals surface area contributed by atoms with Gasteiger partial charge in [0.05, 0.1) is 0 Å². The van der Waals surface area contributed by atoms with Gasteiger partial charge in [-0.05, 0) is 31.2 Å². The van der Waals surface area contributed by atoms with Crippen molar-refractivity contribution in [3.05, 3.63) is 42.7 Å². The molecule has 0 bridgehead atoms. The summed E-state index contributed by atoms with van der Waals surface area (Å²) in [6.45, 7) is 6.87. The van der Waals surface area contributed by atoms with Crippen LogP contribution in [0, 0.1) is 5.82 Å². The molecule has 102 valence electrons. The van der Waals surface area contributed by atoms with Crippen molar-refractivity contribution >= 4 is 17.5 Å². The van der Waals surface area contributed by atoms with Crippen LogP contribution in [0.4, 0.5) is 10.1 Å². The van der Waals surface area contributed by atoms with Gasteiger partial charge >= 0.3 is 0 Å². The number of amides is 2. The molecule has 4 nitrogen and oxygen atoms in total. The summed E-state index contributed by atoms with van der Waals surface area (Å²) in [5.74, 6) is -0.909. The molecule has 0 heterocycles. The Morgan fingerprint density at radius 2 is 2.00 bits per heavy atom. The Hall–Kier alpha value is -2.17. The van der Waals surface area contributed by atoms with Crippen molar-refractivity contribution in [1.82, 2.24) is 4.90 Å². The van der Waals surface area contributed by atoms with Crippen molar-refractivity contribution < 1.29 is 14.0 Å². The maximum absolute atomic E-state index is 12.7. The number of nitrogens with one attached hydrogen (secondary N) is 1. The predicted octanol–water partition coefficient (Wildman–Crippen LogP) is 2.19. The number of carbonyl (C=O) groups is 2. The first-order valence-electron chi connectivity index (χ1n) is 5.90. The zero-order valence-corrected chi connectivity index (χ0v) is 11.0. The summed E-state index contributed by atoms with van der Waals surface area (Å²) in [7, 11) is 0. The lowest BCUT2D eigenvalue weighted by Crippen LogP contribution is -2.44. The molecule has 0 fully saturated rings. The number of rotatable bonds is 5. The van der Waals surface area contributed by atoms with Crippen LogP contribution in [0.5, 0.6) is 0 Å². The molecule has 0 aliphatic carbocycles. The Balaban J connectivity index is 2.73. The van der Waals surface area contributed by atoms with Gasteiger partial charge in [-0.3, -0.25) is 9.59 Å². The molecule has 1 unspecified atom stereocenters. The molecule has 2 amide bonds. The Labute approximate surface area is 111 Å². The standard InChI is InChI=1S/C14H17FN2O2/c1-4-9-17(11(3)18)10(2)14(19)16-13-7-5-12(15)6-8-13/h4-8,10H,1,9H2,2-3H3,(H,16,19). The van der Waals surface area contributed by atoms with Gasteiger partial charge in [-0.15, -0.1) is 6.58 Å². The van der Waals surface area contributed by atoms with Crippen LogP contribution in [0.1, 0.15) is 13.8 Å². The van der Waals surface area contributed by atoms with Gasteiger partial charge in [-0.2, -0.15) is 0 Å². The first-order valence-corrected chi connectivity index (χ1v) is 5.90. The van der Waals surface area contributed by atoms with Crippen LogP contribution in [0.2, 0.25) is 0 Å². The zero-order valence-electron chi connectivity index (χ0n) is 11.0. The van der Waals surface area contributed by atoms with Crippen LogP contribution in [-0.4, -0.2) is 29.3 Å². The van der Waals surface area contributed by atoms with Crippen LogP contribution < -0.4 is 5.32 Å². The minimum Gasteiger partial charge on any atom is -0.327 e. The summed E-state index contributed by atoms with van der Waals surface area (Å²) in [5, 5.41) is 2.63. The Bertz CT molecular complexity index is 471. The molecule has 0 aromatic heterocycles. The second-order valence-electron chi connectivity index (χ2n) is 4.13. The van der Waals surface area contributed by atoms with Gasteiger partial charge in [0.2, 0.25) is 11.8 Å². The molecule has 1 rings (SSSR count). The molecular weight excluding hydrogens is 247 g/mol. The van der Waals surface area contributed by atoms with E-state index >= 15 is 0 Å². The third kappa shape index (κ3) is 4.21. The van der Waals surface area contributed by atoms with Gasteiger partial charge in [0.25, 0.3) is 0 Å². The molecule has 0 radical (unpaired) electrons. The predicted molar refractivity (Wildman–Crippen MR) is 72.1 cm³/mol. The van der Waals surface area contributed by atoms with Crippen molar-refractivity contribution in [2.45, 2.75) is 19.9 Å². The monoisotopic (exact) mass is 264 g/mol. The molecule has 1 aromatic rings. The summed E-state index contributed by atoms with van der Waals surface area (Å²) in [5.41, 5.74) is 0.486. The van der Waals surface area contributed by atoms with Crippen molar-refractivity contribution in [1.29, 1.82) is 0 Å². The Morgan fingerprint density at radius 1 is 1.42 bits per heavy atom. The zero-order chi connectivity index (χ0) is 14.4. The Kier molecular flexibility index (Phi) is 5.23. The van der Waals surface area contributed by atoms with E-state index < -0.39 is 6.04 Å². The van der Waals surface area contributed by atoms with Crippen LogP contribution in [-0.2, 0) is 9.59 Å². The molecule has 0 saturated carbocycles. The fourth-order valence-corrected chi connectivity index (χ4v) is 1.62. The number of benzene rings is 1. The summed E-state index contributed by atoms with van der Waals surface area (Å²) >= 11 is 0. The van der Waals surface area contributed by atoms with E-state index in [1.54, 1.807) is 13.0 Å². The maximum Gasteiger partial charge on any atom is 0.246 e. The third-order valence-corrected chi connectivity index (χ3v) is 2.69. The number of carbonyl (C=O) groups excluding carboxylic acids is 2. The van der Waals surface area contributed by atoms with Crippen molar-refractivity contribution in [2.24, 2.45) is 0 Å². The Morgan fingerprint density at radius 3 is 2.47 bits per heavy atom. The van der Waals surface area contributed by atoms with Gasteiger partial charge in [-0.25, -0.2) is 4.39 Å². The van der Waals surface area contributed by atoms with Crippen LogP contribution in [0.15, 0.2) is 36.9 Å². The summed E-state index contributed by atoms with van der Waals surface area (Å²) in [4.78, 5) is 24.8. The SMILES string of the molecule is C=CCN(C(C)=O)C(C)C(=O)Nc1ccc(F)cc1. The second kappa shape index (κ2) is 6.68. The number of anilines is 1. The quantitative estimate of drug-likeness (QED) is 0.829. The van der Waals surface area contributed by atoms with Gasteiger partial charge in [0.15, 0.2) is 0 Å². The fraction of sp³-hybridized carbons (Fsp3) is 0.286. The van der Waals surface area contributed by atoms with Crippen LogP contribution in [0.3, 0.4) is 0 Å². The summed E-state index contributed by atoms with van der Waals surface area (Å²) in [6, 6.07) is 4.82. The molecule has 0 saturated heterocycles. The van der Waals surface area contributed by atoms with Crippen LogP contribution in [0.25, 0.3) is 0 Å². The van der Waals surface area contributed by atoms with Crippen molar-refractivity contribution in [2.75, 3.05) is 11.9 Å². The minimum atomic E-state index is -0.624. The van der Waals surface area contributed by atoms with Crippen molar-refractivity contribution in [3.63, 3.8) is 0 Å². The lowest BCUT2D eigenvalue weighted by molar-refractivity contribution is -0.135. The average molecular weight is 264 g/mol. The van der Waals surface area contributed by atoms with Gasteiger partial charge in [0, 0.05) is 19.2 Å². The molecule has 5 heteroatoms. The third-order valence-electron chi connectivity index (χ3n) is 2.69. The second-order valence-corrected chi connectivity index (χ2v) is 4.13. The first-order chi connectivity index (χ1) is 8.95. The number of halogens is 1. The van der Waals surface area contributed by atoms with E-state index in [4.69, 9.17) is 0 Å². The van der Waals surface area contributed by atoms with Crippen LogP contribution >= 0.6 is 0 Å². The van der Waals surface area contributed by atoms with Gasteiger partial charge < -0.3 is 10.2 Å². The highest BCUT2D eigenvalue weighted by Gasteiger charge is 2.22. The topological polar surface area (TPSA) is 49.4 Å². The lowest BCUT2D eigenvalue weighted by atomic mass is 10.2. The first kappa shape index (κ1) is 14.9. The molecule has 1 aromatic carbocycles. The molecule has 1 atom stereocenters. The van der Waals surface area contributed by atoms with E-state index in [0.29, 0.717) is 12.2 Å². The normalized spacial score (nSPS) is 11.5. The molecule has 0 spiro atoms. The molecule has 0 aliphatic heterocycles. The summed E-state index contributed by atoms with van der Waals surface area (Å²) in [6.07, 6.45) is 1.56. The average Bonchev–Trinajstić information content (AvgIpc) is 2.37.